The Morgan fingerprint density at radius 3 is 1.97 bits per heavy atom. The van der Waals surface area contributed by atoms with E-state index in [0.717, 1.165) is 5.56 Å². The Bertz CT molecular complexity index is 930. The Morgan fingerprint density at radius 1 is 1.00 bits per heavy atom. The van der Waals surface area contributed by atoms with Crippen molar-refractivity contribution < 1.29 is 44.7 Å². The van der Waals surface area contributed by atoms with Crippen LogP contribution in [0.25, 0.3) is 0 Å². The molecule has 2 atom stereocenters. The molecular formula is C21H33NO9S. The van der Waals surface area contributed by atoms with Gasteiger partial charge in [0.2, 0.25) is 0 Å². The molecule has 2 aromatic rings. The summed E-state index contributed by atoms with van der Waals surface area (Å²) < 4.78 is 32.8. The Kier molecular flexibility index (Phi) is 10.4. The number of nitrogens with zero attached hydrogens (tertiary/aromatic N) is 1. The smallest absolute Gasteiger partial charge is 0.268 e. The fraction of sp³-hybridized carbons (Fsp3) is 0.429. The Morgan fingerprint density at radius 2 is 1.50 bits per heavy atom. The topological polar surface area (TPSA) is 213 Å². The molecule has 11 heteroatoms. The first-order valence-electron chi connectivity index (χ1n) is 9.52. The summed E-state index contributed by atoms with van der Waals surface area (Å²) in [6.07, 6.45) is 0.859. The summed E-state index contributed by atoms with van der Waals surface area (Å²) >= 11 is 0. The van der Waals surface area contributed by atoms with Crippen molar-refractivity contribution in [1.82, 2.24) is 4.90 Å². The largest absolute Gasteiger partial charge is 0.508 e. The van der Waals surface area contributed by atoms with Crippen LogP contribution in [0, 0.1) is 0 Å². The average Bonchev–Trinajstić information content (AvgIpc) is 2.68. The average molecular weight is 476 g/mol. The summed E-state index contributed by atoms with van der Waals surface area (Å²) in [5, 5.41) is 31.9. The van der Waals surface area contributed by atoms with Crippen molar-refractivity contribution in [3.8, 4) is 5.75 Å². The number of hydrogen-bond donors (Lipinski definition) is 4. The van der Waals surface area contributed by atoms with E-state index in [2.05, 4.69) is 0 Å². The van der Waals surface area contributed by atoms with Crippen LogP contribution in [0.3, 0.4) is 0 Å². The number of rotatable bonds is 6. The van der Waals surface area contributed by atoms with Gasteiger partial charge in [-0.25, -0.2) is 0 Å². The SMILES string of the molecule is C[C@H](N1CCC(O)(c2ccccc2)CC1)C(O)(CS(=O)(=O)O)c1ccc(O)cc1.O.O.O. The van der Waals surface area contributed by atoms with Crippen LogP contribution in [0.15, 0.2) is 54.6 Å². The number of aliphatic hydroxyl groups is 2. The molecule has 10 nitrogen and oxygen atoms in total. The number of phenols is 1. The highest BCUT2D eigenvalue weighted by atomic mass is 32.2. The lowest BCUT2D eigenvalue weighted by molar-refractivity contribution is -0.0779. The second kappa shape index (κ2) is 11.2. The van der Waals surface area contributed by atoms with Gasteiger partial charge in [0.05, 0.1) is 5.60 Å². The number of benzene rings is 2. The number of hydrogen-bond acceptors (Lipinski definition) is 6. The third-order valence-electron chi connectivity index (χ3n) is 5.94. The molecule has 0 amide bonds. The van der Waals surface area contributed by atoms with Crippen molar-refractivity contribution in [2.45, 2.75) is 37.0 Å². The molecule has 1 fully saturated rings. The minimum Gasteiger partial charge on any atom is -0.508 e. The van der Waals surface area contributed by atoms with Crippen molar-refractivity contribution in [3.63, 3.8) is 0 Å². The Balaban J connectivity index is 0.00000320. The van der Waals surface area contributed by atoms with Gasteiger partial charge in [-0.2, -0.15) is 8.42 Å². The molecule has 0 aliphatic carbocycles. The number of aromatic hydroxyl groups is 1. The lowest BCUT2D eigenvalue weighted by Gasteiger charge is -2.46. The molecule has 182 valence electrons. The first kappa shape index (κ1) is 29.9. The number of piperidine rings is 1. The van der Waals surface area contributed by atoms with Crippen LogP contribution in [0.1, 0.15) is 30.9 Å². The van der Waals surface area contributed by atoms with Crippen molar-refractivity contribution in [2.24, 2.45) is 0 Å². The molecule has 0 spiro atoms. The van der Waals surface area contributed by atoms with Gasteiger partial charge in [-0.3, -0.25) is 9.45 Å². The van der Waals surface area contributed by atoms with E-state index < -0.39 is 33.1 Å². The maximum Gasteiger partial charge on any atom is 0.268 e. The first-order valence-corrected chi connectivity index (χ1v) is 11.1. The van der Waals surface area contributed by atoms with Crippen LogP contribution in [-0.2, 0) is 21.3 Å². The van der Waals surface area contributed by atoms with Crippen molar-refractivity contribution in [3.05, 3.63) is 65.7 Å². The summed E-state index contributed by atoms with van der Waals surface area (Å²) in [5.41, 5.74) is -1.75. The molecule has 32 heavy (non-hydrogen) atoms. The lowest BCUT2D eigenvalue weighted by Crippen LogP contribution is -2.56. The third-order valence-corrected chi connectivity index (χ3v) is 6.75. The Hall–Kier alpha value is -2.09. The van der Waals surface area contributed by atoms with E-state index in [9.17, 15) is 28.3 Å². The zero-order valence-corrected chi connectivity index (χ0v) is 18.6. The molecule has 1 saturated heterocycles. The molecule has 0 bridgehead atoms. The van der Waals surface area contributed by atoms with Gasteiger partial charge in [0.1, 0.15) is 17.1 Å². The van der Waals surface area contributed by atoms with E-state index in [-0.39, 0.29) is 27.7 Å². The van der Waals surface area contributed by atoms with Gasteiger partial charge in [-0.05, 0) is 43.0 Å². The molecule has 1 heterocycles. The molecule has 3 rings (SSSR count). The second-order valence-electron chi connectivity index (χ2n) is 7.81. The van der Waals surface area contributed by atoms with E-state index in [0.29, 0.717) is 25.9 Å². The molecule has 1 aliphatic heterocycles. The van der Waals surface area contributed by atoms with Crippen LogP contribution in [0.4, 0.5) is 0 Å². The molecule has 0 radical (unpaired) electrons. The summed E-state index contributed by atoms with van der Waals surface area (Å²) in [6, 6.07) is 14.3. The fourth-order valence-electron chi connectivity index (χ4n) is 4.09. The zero-order chi connectivity index (χ0) is 21.3. The molecule has 10 N–H and O–H groups in total. The predicted octanol–water partition coefficient (Wildman–Crippen LogP) is -0.634. The summed E-state index contributed by atoms with van der Waals surface area (Å²) in [7, 11) is -4.48. The van der Waals surface area contributed by atoms with E-state index in [1.165, 1.54) is 24.3 Å². The lowest BCUT2D eigenvalue weighted by atomic mass is 9.82. The van der Waals surface area contributed by atoms with E-state index in [1.54, 1.807) is 6.92 Å². The summed E-state index contributed by atoms with van der Waals surface area (Å²) in [4.78, 5) is 1.91. The van der Waals surface area contributed by atoms with Gasteiger partial charge in [0.15, 0.2) is 0 Å². The third kappa shape index (κ3) is 6.47. The molecule has 0 saturated carbocycles. The molecule has 2 aromatic carbocycles. The summed E-state index contributed by atoms with van der Waals surface area (Å²) in [5.74, 6) is -0.882. The quantitative estimate of drug-likeness (QED) is 0.396. The number of phenolic OH excluding ortho intramolecular Hbond substituents is 1. The van der Waals surface area contributed by atoms with Crippen molar-refractivity contribution >= 4 is 10.1 Å². The van der Waals surface area contributed by atoms with E-state index >= 15 is 0 Å². The maximum atomic E-state index is 11.7. The van der Waals surface area contributed by atoms with Crippen LogP contribution >= 0.6 is 0 Å². The van der Waals surface area contributed by atoms with Crippen LogP contribution in [0.5, 0.6) is 5.75 Å². The van der Waals surface area contributed by atoms with Crippen molar-refractivity contribution in [2.75, 3.05) is 18.8 Å². The van der Waals surface area contributed by atoms with Gasteiger partial charge in [-0.1, -0.05) is 42.5 Å². The second-order valence-corrected chi connectivity index (χ2v) is 9.26. The van der Waals surface area contributed by atoms with Crippen LogP contribution < -0.4 is 0 Å². The van der Waals surface area contributed by atoms with E-state index in [4.69, 9.17) is 0 Å². The molecule has 1 unspecified atom stereocenters. The minimum absolute atomic E-state index is 0. The van der Waals surface area contributed by atoms with Gasteiger partial charge in [0, 0.05) is 19.1 Å². The van der Waals surface area contributed by atoms with Crippen molar-refractivity contribution in [1.29, 1.82) is 0 Å². The maximum absolute atomic E-state index is 11.7. The minimum atomic E-state index is -4.48. The molecule has 1 aliphatic rings. The summed E-state index contributed by atoms with van der Waals surface area (Å²) in [6.45, 7) is 2.59. The Labute approximate surface area is 187 Å². The van der Waals surface area contributed by atoms with Crippen LogP contribution in [-0.4, -0.2) is 74.5 Å². The highest BCUT2D eigenvalue weighted by Gasteiger charge is 2.45. The zero-order valence-electron chi connectivity index (χ0n) is 17.8. The normalized spacial score (nSPS) is 18.8. The van der Waals surface area contributed by atoms with Crippen LogP contribution in [0.2, 0.25) is 0 Å². The van der Waals surface area contributed by atoms with Gasteiger partial charge in [0.25, 0.3) is 10.1 Å². The standard InChI is InChI=1S/C21H27NO6S.3H2O/c1-16(21(25,15-29(26,27)28)18-7-9-19(23)10-8-18)22-13-11-20(24,12-14-22)17-5-3-2-4-6-17;;;/h2-10,16,23-25H,11-15H2,1H3,(H,26,27,28);3*1H2/t16-,21?;;;/m0.../s1. The monoisotopic (exact) mass is 475 g/mol. The van der Waals surface area contributed by atoms with E-state index in [1.807, 2.05) is 35.2 Å². The molecular weight excluding hydrogens is 442 g/mol. The highest BCUT2D eigenvalue weighted by Crippen LogP contribution is 2.37. The fourth-order valence-corrected chi connectivity index (χ4v) is 5.06. The molecule has 0 aromatic heterocycles. The number of likely N-dealkylation sites (tertiary alicyclic amines) is 1. The van der Waals surface area contributed by atoms with Gasteiger partial charge >= 0.3 is 0 Å². The predicted molar refractivity (Wildman–Crippen MR) is 120 cm³/mol. The first-order chi connectivity index (χ1) is 13.5. The van der Waals surface area contributed by atoms with Gasteiger partial charge < -0.3 is 31.7 Å². The van der Waals surface area contributed by atoms with Gasteiger partial charge in [-0.15, -0.1) is 0 Å². The highest BCUT2D eigenvalue weighted by molar-refractivity contribution is 7.85.